The fraction of sp³-hybridized carbons (Fsp3) is 0.333. The van der Waals surface area contributed by atoms with Crippen LogP contribution < -0.4 is 5.73 Å². The molecule has 0 radical (unpaired) electrons. The maximum atomic E-state index is 12.3. The second-order valence-corrected chi connectivity index (χ2v) is 4.09. The predicted molar refractivity (Wildman–Crippen MR) is 70.0 cm³/mol. The number of nitriles is 2. The van der Waals surface area contributed by atoms with Crippen LogP contribution in [0, 0.1) is 22.7 Å². The van der Waals surface area contributed by atoms with Crippen LogP contribution in [-0.2, 0) is 0 Å². The number of hydrogen-bond donors (Lipinski definition) is 1. The first-order chi connectivity index (χ1) is 9.10. The summed E-state index contributed by atoms with van der Waals surface area (Å²) in [5.74, 6) is -0.354. The van der Waals surface area contributed by atoms with Crippen LogP contribution in [0.5, 0.6) is 0 Å². The van der Waals surface area contributed by atoms with Crippen molar-refractivity contribution in [2.24, 2.45) is 0 Å². The fourth-order valence-corrected chi connectivity index (χ4v) is 1.64. The smallest absolute Gasteiger partial charge is 0.256 e. The van der Waals surface area contributed by atoms with Gasteiger partial charge in [-0.25, -0.2) is 4.98 Å². The molecule has 0 aliphatic carbocycles. The average molecular weight is 278 g/mol. The lowest BCUT2D eigenvalue weighted by Crippen LogP contribution is -2.33. The first-order valence-corrected chi connectivity index (χ1v) is 5.92. The third kappa shape index (κ3) is 4.13. The van der Waals surface area contributed by atoms with Crippen molar-refractivity contribution in [2.75, 3.05) is 18.8 Å². The number of anilines is 1. The summed E-state index contributed by atoms with van der Waals surface area (Å²) >= 11 is 5.73. The summed E-state index contributed by atoms with van der Waals surface area (Å²) in [6.45, 7) is 0.493. The zero-order valence-corrected chi connectivity index (χ0v) is 10.9. The molecule has 0 aromatic carbocycles. The van der Waals surface area contributed by atoms with E-state index in [0.717, 1.165) is 0 Å². The van der Waals surface area contributed by atoms with Gasteiger partial charge in [-0.1, -0.05) is 11.6 Å². The van der Waals surface area contributed by atoms with Gasteiger partial charge in [0, 0.05) is 13.1 Å². The molecule has 0 aliphatic rings. The molecule has 0 atom stereocenters. The van der Waals surface area contributed by atoms with E-state index in [4.69, 9.17) is 27.9 Å². The average Bonchev–Trinajstić information content (AvgIpc) is 2.41. The number of hydrogen-bond acceptors (Lipinski definition) is 5. The molecule has 1 aromatic heterocycles. The van der Waals surface area contributed by atoms with E-state index in [1.54, 1.807) is 0 Å². The summed E-state index contributed by atoms with van der Waals surface area (Å²) in [5.41, 5.74) is 6.14. The Bertz CT molecular complexity index is 528. The highest BCUT2D eigenvalue weighted by molar-refractivity contribution is 6.29. The molecule has 0 aliphatic heterocycles. The molecule has 1 amide bonds. The molecule has 0 bridgehead atoms. The molecule has 1 heterocycles. The maximum absolute atomic E-state index is 12.3. The minimum absolute atomic E-state index is 0.165. The Morgan fingerprint density at radius 1 is 1.37 bits per heavy atom. The van der Waals surface area contributed by atoms with Crippen molar-refractivity contribution >= 4 is 23.2 Å². The van der Waals surface area contributed by atoms with E-state index in [1.165, 1.54) is 17.2 Å². The Hall–Kier alpha value is -2.31. The minimum Gasteiger partial charge on any atom is -0.397 e. The summed E-state index contributed by atoms with van der Waals surface area (Å²) in [4.78, 5) is 17.5. The number of halogens is 1. The molecule has 1 aromatic rings. The number of carbonyl (C=O) groups is 1. The Kier molecular flexibility index (Phi) is 5.59. The number of amides is 1. The molecule has 0 spiro atoms. The fourth-order valence-electron chi connectivity index (χ4n) is 1.48. The monoisotopic (exact) mass is 277 g/mol. The third-order valence-corrected chi connectivity index (χ3v) is 2.61. The standard InChI is InChI=1S/C12H12ClN5O/c13-11-7-9(10(16)8-17-11)12(19)18(5-1-3-14)6-2-4-15/h7-8H,1-2,5-6,16H2. The van der Waals surface area contributed by atoms with Crippen molar-refractivity contribution in [3.8, 4) is 12.1 Å². The SMILES string of the molecule is N#CCCN(CCC#N)C(=O)c1cc(Cl)ncc1N. The third-order valence-electron chi connectivity index (χ3n) is 2.41. The van der Waals surface area contributed by atoms with Gasteiger partial charge >= 0.3 is 0 Å². The lowest BCUT2D eigenvalue weighted by atomic mass is 10.2. The minimum atomic E-state index is -0.354. The van der Waals surface area contributed by atoms with Gasteiger partial charge in [0.2, 0.25) is 0 Å². The Morgan fingerprint density at radius 3 is 2.47 bits per heavy atom. The number of nitrogen functional groups attached to an aromatic ring is 1. The lowest BCUT2D eigenvalue weighted by molar-refractivity contribution is 0.0763. The molecule has 0 fully saturated rings. The lowest BCUT2D eigenvalue weighted by Gasteiger charge is -2.21. The Balaban J connectivity index is 2.94. The van der Waals surface area contributed by atoms with Crippen LogP contribution in [0.15, 0.2) is 12.3 Å². The van der Waals surface area contributed by atoms with Crippen molar-refractivity contribution in [1.82, 2.24) is 9.88 Å². The molecular weight excluding hydrogens is 266 g/mol. The summed E-state index contributed by atoms with van der Waals surface area (Å²) in [5, 5.41) is 17.3. The van der Waals surface area contributed by atoms with Crippen molar-refractivity contribution < 1.29 is 4.79 Å². The second-order valence-electron chi connectivity index (χ2n) is 3.70. The molecule has 19 heavy (non-hydrogen) atoms. The van der Waals surface area contributed by atoms with Crippen LogP contribution in [0.4, 0.5) is 5.69 Å². The zero-order valence-electron chi connectivity index (χ0n) is 10.1. The van der Waals surface area contributed by atoms with Gasteiger partial charge in [0.1, 0.15) is 5.15 Å². The van der Waals surface area contributed by atoms with Crippen molar-refractivity contribution in [3.63, 3.8) is 0 Å². The highest BCUT2D eigenvalue weighted by atomic mass is 35.5. The molecular formula is C12H12ClN5O. The van der Waals surface area contributed by atoms with Gasteiger partial charge in [0.05, 0.1) is 42.4 Å². The van der Waals surface area contributed by atoms with Crippen molar-refractivity contribution in [2.45, 2.75) is 12.8 Å². The zero-order chi connectivity index (χ0) is 14.3. The molecule has 7 heteroatoms. The van der Waals surface area contributed by atoms with Gasteiger partial charge in [-0.2, -0.15) is 10.5 Å². The van der Waals surface area contributed by atoms with Gasteiger partial charge in [-0.3, -0.25) is 4.79 Å². The number of rotatable bonds is 5. The highest BCUT2D eigenvalue weighted by Gasteiger charge is 2.18. The van der Waals surface area contributed by atoms with Gasteiger partial charge < -0.3 is 10.6 Å². The number of aromatic nitrogens is 1. The molecule has 0 unspecified atom stereocenters. The Morgan fingerprint density at radius 2 is 1.95 bits per heavy atom. The first kappa shape index (κ1) is 14.7. The molecule has 2 N–H and O–H groups in total. The van der Waals surface area contributed by atoms with Gasteiger partial charge in [-0.15, -0.1) is 0 Å². The normalized spacial score (nSPS) is 9.42. The van der Waals surface area contributed by atoms with E-state index in [0.29, 0.717) is 0 Å². The van der Waals surface area contributed by atoms with Gasteiger partial charge in [0.15, 0.2) is 0 Å². The van der Waals surface area contributed by atoms with E-state index in [-0.39, 0.29) is 48.2 Å². The number of carbonyl (C=O) groups excluding carboxylic acids is 1. The van der Waals surface area contributed by atoms with E-state index in [1.807, 2.05) is 12.1 Å². The van der Waals surface area contributed by atoms with Crippen LogP contribution in [0.1, 0.15) is 23.2 Å². The van der Waals surface area contributed by atoms with Crippen molar-refractivity contribution in [1.29, 1.82) is 10.5 Å². The molecule has 1 rings (SSSR count). The van der Waals surface area contributed by atoms with E-state index < -0.39 is 0 Å². The van der Waals surface area contributed by atoms with Crippen molar-refractivity contribution in [3.05, 3.63) is 23.0 Å². The molecule has 6 nitrogen and oxygen atoms in total. The van der Waals surface area contributed by atoms with Crippen LogP contribution in [-0.4, -0.2) is 28.9 Å². The highest BCUT2D eigenvalue weighted by Crippen LogP contribution is 2.17. The van der Waals surface area contributed by atoms with Gasteiger partial charge in [-0.05, 0) is 6.07 Å². The summed E-state index contributed by atoms with van der Waals surface area (Å²) < 4.78 is 0. The molecule has 0 saturated heterocycles. The maximum Gasteiger partial charge on any atom is 0.256 e. The summed E-state index contributed by atoms with van der Waals surface area (Å²) in [6, 6.07) is 5.30. The van der Waals surface area contributed by atoms with Crippen LogP contribution >= 0.6 is 11.6 Å². The summed E-state index contributed by atoms with van der Waals surface area (Å²) in [6.07, 6.45) is 1.69. The Labute approximate surface area is 116 Å². The van der Waals surface area contributed by atoms with Gasteiger partial charge in [0.25, 0.3) is 5.91 Å². The molecule has 98 valence electrons. The van der Waals surface area contributed by atoms with Crippen LogP contribution in [0.25, 0.3) is 0 Å². The predicted octanol–water partition coefficient (Wildman–Crippen LogP) is 1.59. The largest absolute Gasteiger partial charge is 0.397 e. The molecule has 0 saturated carbocycles. The quantitative estimate of drug-likeness (QED) is 0.822. The van der Waals surface area contributed by atoms with Crippen LogP contribution in [0.3, 0.4) is 0 Å². The topological polar surface area (TPSA) is 107 Å². The van der Waals surface area contributed by atoms with E-state index in [9.17, 15) is 4.79 Å². The number of nitrogens with two attached hydrogens (primary N) is 1. The number of nitrogens with zero attached hydrogens (tertiary/aromatic N) is 4. The number of pyridine rings is 1. The van der Waals surface area contributed by atoms with Crippen LogP contribution in [0.2, 0.25) is 5.15 Å². The second kappa shape index (κ2) is 7.20. The van der Waals surface area contributed by atoms with E-state index >= 15 is 0 Å². The van der Waals surface area contributed by atoms with E-state index in [2.05, 4.69) is 4.98 Å². The summed E-state index contributed by atoms with van der Waals surface area (Å²) in [7, 11) is 0. The first-order valence-electron chi connectivity index (χ1n) is 5.54.